The average molecular weight is 401 g/mol. The number of aromatic nitrogens is 3. The van der Waals surface area contributed by atoms with Crippen LogP contribution in [0.2, 0.25) is 0 Å². The molecule has 3 rings (SSSR count). The zero-order chi connectivity index (χ0) is 18.9. The Balaban J connectivity index is 2.13. The Morgan fingerprint density at radius 3 is 2.81 bits per heavy atom. The summed E-state index contributed by atoms with van der Waals surface area (Å²) >= 11 is 1.53. The molecule has 0 aliphatic carbocycles. The van der Waals surface area contributed by atoms with Gasteiger partial charge in [-0.2, -0.15) is 13.2 Å². The van der Waals surface area contributed by atoms with E-state index in [1.807, 2.05) is 6.92 Å². The van der Waals surface area contributed by atoms with Gasteiger partial charge < -0.3 is 5.21 Å². The molecule has 26 heavy (non-hydrogen) atoms. The van der Waals surface area contributed by atoms with Gasteiger partial charge in [0.1, 0.15) is 22.3 Å². The van der Waals surface area contributed by atoms with Gasteiger partial charge in [0.25, 0.3) is 0 Å². The molecule has 3 aromatic rings. The minimum atomic E-state index is -4.40. The molecule has 0 aliphatic rings. The third kappa shape index (κ3) is 3.44. The lowest BCUT2D eigenvalue weighted by molar-refractivity contribution is -0.134. The molecule has 138 valence electrons. The van der Waals surface area contributed by atoms with Gasteiger partial charge >= 0.3 is 6.18 Å². The number of oxime groups is 1. The topological polar surface area (TPSA) is 74.8 Å². The highest BCUT2D eigenvalue weighted by atomic mass is 32.2. The van der Waals surface area contributed by atoms with E-state index < -0.39 is 19.3 Å². The fraction of sp³-hybridized carbons (Fsp3) is 0.267. The zero-order valence-electron chi connectivity index (χ0n) is 13.8. The molecular formula is C15H15F3N5OPS. The van der Waals surface area contributed by atoms with Crippen LogP contribution >= 0.6 is 19.6 Å². The molecule has 0 aromatic carbocycles. The van der Waals surface area contributed by atoms with Gasteiger partial charge in [-0.25, -0.2) is 4.98 Å². The molecule has 3 heterocycles. The van der Waals surface area contributed by atoms with Crippen LogP contribution in [0.25, 0.3) is 17.0 Å². The maximum atomic E-state index is 13.2. The first-order chi connectivity index (χ1) is 12.4. The van der Waals surface area contributed by atoms with Crippen molar-refractivity contribution in [2.45, 2.75) is 18.0 Å². The first kappa shape index (κ1) is 18.8. The maximum absolute atomic E-state index is 13.2. The lowest BCUT2D eigenvalue weighted by Gasteiger charge is -2.08. The molecule has 1 atom stereocenters. The van der Waals surface area contributed by atoms with Gasteiger partial charge in [0, 0.05) is 36.8 Å². The average Bonchev–Trinajstić information content (AvgIpc) is 3.12. The van der Waals surface area contributed by atoms with E-state index in [4.69, 9.17) is 5.21 Å². The number of hydrogen-bond acceptors (Lipinski definition) is 6. The van der Waals surface area contributed by atoms with Gasteiger partial charge in [-0.3, -0.25) is 14.2 Å². The molecule has 0 radical (unpaired) electrons. The zero-order valence-corrected chi connectivity index (χ0v) is 15.5. The Kier molecular flexibility index (Phi) is 5.27. The summed E-state index contributed by atoms with van der Waals surface area (Å²) < 4.78 is 41.0. The van der Waals surface area contributed by atoms with Crippen LogP contribution in [0.15, 0.2) is 34.6 Å². The van der Waals surface area contributed by atoms with Crippen LogP contribution in [-0.2, 0) is 6.18 Å². The summed E-state index contributed by atoms with van der Waals surface area (Å²) in [4.78, 5) is 9.52. The maximum Gasteiger partial charge on any atom is 0.422 e. The number of rotatable bonds is 5. The summed E-state index contributed by atoms with van der Waals surface area (Å²) in [6.07, 6.45) is -0.0175. The normalized spacial score (nSPS) is 13.2. The second-order valence-electron chi connectivity index (χ2n) is 5.18. The molecule has 0 fully saturated rings. The van der Waals surface area contributed by atoms with E-state index >= 15 is 0 Å². The van der Waals surface area contributed by atoms with Crippen molar-refractivity contribution >= 4 is 31.5 Å². The van der Waals surface area contributed by atoms with E-state index in [9.17, 15) is 13.2 Å². The SMILES string of the molecule is CCSc1cc(/C=N/O)cnc1-c1cn2c(cc(C(F)(F)F)p2NC)n1. The van der Waals surface area contributed by atoms with Crippen molar-refractivity contribution in [3.8, 4) is 11.4 Å². The lowest BCUT2D eigenvalue weighted by Crippen LogP contribution is -2.04. The first-order valence-electron chi connectivity index (χ1n) is 7.55. The predicted octanol–water partition coefficient (Wildman–Crippen LogP) is 4.50. The monoisotopic (exact) mass is 401 g/mol. The van der Waals surface area contributed by atoms with Crippen molar-refractivity contribution in [2.24, 2.45) is 5.16 Å². The van der Waals surface area contributed by atoms with Crippen LogP contribution in [-0.4, -0.2) is 38.4 Å². The Hall–Kier alpha value is -2.03. The molecule has 11 heteroatoms. The quantitative estimate of drug-likeness (QED) is 0.285. The summed E-state index contributed by atoms with van der Waals surface area (Å²) in [5.74, 6) is 0.781. The first-order valence-corrected chi connectivity index (χ1v) is 9.83. The molecule has 0 spiro atoms. The number of alkyl halides is 3. The van der Waals surface area contributed by atoms with Crippen molar-refractivity contribution in [1.29, 1.82) is 0 Å². The number of halogens is 3. The number of nitrogens with zero attached hydrogens (tertiary/aromatic N) is 4. The lowest BCUT2D eigenvalue weighted by atomic mass is 10.2. The van der Waals surface area contributed by atoms with Crippen LogP contribution in [0.4, 0.5) is 13.2 Å². The van der Waals surface area contributed by atoms with Gasteiger partial charge in [-0.15, -0.1) is 11.8 Å². The van der Waals surface area contributed by atoms with Crippen molar-refractivity contribution < 1.29 is 18.4 Å². The number of pyridine rings is 1. The molecule has 2 N–H and O–H groups in total. The van der Waals surface area contributed by atoms with Gasteiger partial charge in [-0.05, 0) is 18.9 Å². The fourth-order valence-electron chi connectivity index (χ4n) is 2.54. The van der Waals surface area contributed by atoms with Gasteiger partial charge in [0.05, 0.1) is 6.21 Å². The highest BCUT2D eigenvalue weighted by Crippen LogP contribution is 2.45. The second kappa shape index (κ2) is 7.30. The second-order valence-corrected chi connectivity index (χ2v) is 8.47. The number of nitrogens with one attached hydrogen (secondary N) is 1. The molecule has 0 saturated carbocycles. The van der Waals surface area contributed by atoms with Crippen LogP contribution in [0.3, 0.4) is 0 Å². The van der Waals surface area contributed by atoms with E-state index in [1.54, 1.807) is 12.3 Å². The van der Waals surface area contributed by atoms with Crippen LogP contribution in [0.5, 0.6) is 0 Å². The molecule has 0 amide bonds. The highest BCUT2D eigenvalue weighted by molar-refractivity contribution is 7.99. The summed E-state index contributed by atoms with van der Waals surface area (Å²) in [5, 5.41) is 13.8. The molecule has 6 nitrogen and oxygen atoms in total. The molecule has 0 saturated heterocycles. The van der Waals surface area contributed by atoms with Crippen molar-refractivity contribution in [3.63, 3.8) is 0 Å². The van der Waals surface area contributed by atoms with Crippen LogP contribution in [0, 0.1) is 0 Å². The summed E-state index contributed by atoms with van der Waals surface area (Å²) in [5.41, 5.74) is 1.96. The molecule has 3 aromatic heterocycles. The third-order valence-corrected chi connectivity index (χ3v) is 6.47. The number of hydrogen-bond donors (Lipinski definition) is 2. The van der Waals surface area contributed by atoms with E-state index in [2.05, 4.69) is 20.2 Å². The van der Waals surface area contributed by atoms with Crippen molar-refractivity contribution in [3.05, 3.63) is 35.4 Å². The smallest absolute Gasteiger partial charge is 0.411 e. The summed E-state index contributed by atoms with van der Waals surface area (Å²) in [6.45, 7) is 1.98. The standard InChI is InChI=1S/C15H15F3N5OPS/c1-3-26-11-4-9(7-21-24)6-20-14(11)10-8-23-13(22-10)5-12(15(16,17)18)25(23)19-2/h4-8,19,24H,3H2,1-2H3/b21-7+. The fourth-order valence-corrected chi connectivity index (χ4v) is 5.07. The predicted molar refractivity (Wildman–Crippen MR) is 97.2 cm³/mol. The number of thioether (sulfide) groups is 1. The van der Waals surface area contributed by atoms with E-state index in [-0.39, 0.29) is 5.65 Å². The van der Waals surface area contributed by atoms with Crippen molar-refractivity contribution in [2.75, 3.05) is 17.9 Å². The molecule has 0 bridgehead atoms. The van der Waals surface area contributed by atoms with Crippen LogP contribution < -0.4 is 5.09 Å². The minimum Gasteiger partial charge on any atom is -0.411 e. The van der Waals surface area contributed by atoms with E-state index in [1.165, 1.54) is 35.4 Å². The largest absolute Gasteiger partial charge is 0.422 e. The summed E-state index contributed by atoms with van der Waals surface area (Å²) in [6, 6.07) is 2.88. The number of imidazole rings is 1. The van der Waals surface area contributed by atoms with E-state index in [0.717, 1.165) is 16.7 Å². The summed E-state index contributed by atoms with van der Waals surface area (Å²) in [7, 11) is -0.258. The Labute approximate surface area is 152 Å². The molecule has 0 aliphatic heterocycles. The van der Waals surface area contributed by atoms with E-state index in [0.29, 0.717) is 17.0 Å². The van der Waals surface area contributed by atoms with Gasteiger partial charge in [0.2, 0.25) is 0 Å². The van der Waals surface area contributed by atoms with Crippen molar-refractivity contribution in [1.82, 2.24) is 14.1 Å². The third-order valence-electron chi connectivity index (χ3n) is 3.55. The number of fused-ring (bicyclic) bond motifs is 1. The Morgan fingerprint density at radius 1 is 1.42 bits per heavy atom. The highest BCUT2D eigenvalue weighted by Gasteiger charge is 2.36. The molecule has 1 unspecified atom stereocenters. The Morgan fingerprint density at radius 2 is 2.19 bits per heavy atom. The van der Waals surface area contributed by atoms with Crippen LogP contribution in [0.1, 0.15) is 17.8 Å². The molecular weight excluding hydrogens is 386 g/mol. The Bertz CT molecular complexity index is 966. The van der Waals surface area contributed by atoms with Gasteiger partial charge in [0.15, 0.2) is 0 Å². The van der Waals surface area contributed by atoms with Gasteiger partial charge in [-0.1, -0.05) is 12.1 Å². The minimum absolute atomic E-state index is 0.253.